The van der Waals surface area contributed by atoms with E-state index in [0.29, 0.717) is 11.3 Å². The van der Waals surface area contributed by atoms with Crippen molar-refractivity contribution >= 4 is 34.5 Å². The molecule has 0 radical (unpaired) electrons. The van der Waals surface area contributed by atoms with E-state index in [-0.39, 0.29) is 17.0 Å². The van der Waals surface area contributed by atoms with Gasteiger partial charge in [0.05, 0.1) is 6.26 Å². The highest BCUT2D eigenvalue weighted by atomic mass is 32.2. The first-order valence-electron chi connectivity index (χ1n) is 6.08. The number of nitrogens with zero attached hydrogens (tertiary/aromatic N) is 1. The average molecular weight is 328 g/mol. The van der Waals surface area contributed by atoms with Crippen molar-refractivity contribution in [2.45, 2.75) is 16.7 Å². The number of Topliss-reactive ketones (excluding diaryl/α,β-unsaturated/α-hetero) is 1. The molecule has 0 bridgehead atoms. The lowest BCUT2D eigenvalue weighted by molar-refractivity contribution is -0.140. The number of furan rings is 1. The molecule has 1 saturated heterocycles. The topological polar surface area (TPSA) is 114 Å². The highest BCUT2D eigenvalue weighted by molar-refractivity contribution is 8.00. The van der Waals surface area contributed by atoms with E-state index >= 15 is 0 Å². The van der Waals surface area contributed by atoms with Crippen molar-refractivity contribution in [2.24, 2.45) is 5.73 Å². The summed E-state index contributed by atoms with van der Waals surface area (Å²) in [5.74, 6) is -0.450. The van der Waals surface area contributed by atoms with Gasteiger partial charge in [-0.3, -0.25) is 9.59 Å². The molecule has 0 spiro atoms. The highest BCUT2D eigenvalue weighted by Gasteiger charge is 2.48. The van der Waals surface area contributed by atoms with Crippen LogP contribution in [0.25, 0.3) is 0 Å². The van der Waals surface area contributed by atoms with Gasteiger partial charge >= 0.3 is 0 Å². The first-order valence-corrected chi connectivity index (χ1v) is 8.30. The fourth-order valence-electron chi connectivity index (χ4n) is 2.31. The molecular formula is C12H12N2O5S2. The third-order valence-corrected chi connectivity index (χ3v) is 5.67. The predicted octanol–water partition coefficient (Wildman–Crippen LogP) is 0.179. The zero-order valence-corrected chi connectivity index (χ0v) is 12.3. The maximum atomic E-state index is 12.3. The third kappa shape index (κ3) is 2.35. The minimum atomic E-state index is -2.40. The van der Waals surface area contributed by atoms with E-state index < -0.39 is 28.2 Å². The summed E-state index contributed by atoms with van der Waals surface area (Å²) in [5.41, 5.74) is 6.08. The molecule has 1 aromatic heterocycles. The molecule has 3 unspecified atom stereocenters. The molecule has 7 nitrogen and oxygen atoms in total. The standard InChI is InChI=1S/C12H12N2O5S2/c13-8-11(16)14-4-6(5-20-12(8)14)10(21(17)18)9(15)7-2-1-3-19-7/h1-4,8,10,12H,5,13H2,(H,17,18)/t8?,10?,12-/m1/s1. The van der Waals surface area contributed by atoms with Gasteiger partial charge in [-0.15, -0.1) is 11.8 Å². The Morgan fingerprint density at radius 2 is 2.38 bits per heavy atom. The molecule has 9 heteroatoms. The Hall–Kier alpha value is -1.42. The van der Waals surface area contributed by atoms with Gasteiger partial charge < -0.3 is 19.6 Å². The second-order valence-corrected chi connectivity index (χ2v) is 6.80. The number of nitrogens with two attached hydrogens (primary N) is 1. The Morgan fingerprint density at radius 1 is 1.62 bits per heavy atom. The highest BCUT2D eigenvalue weighted by Crippen LogP contribution is 2.37. The van der Waals surface area contributed by atoms with Gasteiger partial charge in [-0.25, -0.2) is 4.21 Å². The molecule has 0 aromatic carbocycles. The van der Waals surface area contributed by atoms with Crippen LogP contribution in [-0.2, 0) is 15.9 Å². The molecule has 0 saturated carbocycles. The Balaban J connectivity index is 1.89. The normalized spacial score (nSPS) is 27.4. The number of hydrogen-bond acceptors (Lipinski definition) is 6. The van der Waals surface area contributed by atoms with Crippen LogP contribution >= 0.6 is 11.8 Å². The van der Waals surface area contributed by atoms with Crippen LogP contribution in [0.15, 0.2) is 34.6 Å². The monoisotopic (exact) mass is 328 g/mol. The Morgan fingerprint density at radius 3 is 3.00 bits per heavy atom. The zero-order chi connectivity index (χ0) is 15.1. The number of fused-ring (bicyclic) bond motifs is 1. The largest absolute Gasteiger partial charge is 0.461 e. The molecule has 2 aliphatic heterocycles. The van der Waals surface area contributed by atoms with Gasteiger partial charge in [-0.1, -0.05) is 0 Å². The summed E-state index contributed by atoms with van der Waals surface area (Å²) < 4.78 is 26.0. The summed E-state index contributed by atoms with van der Waals surface area (Å²) in [7, 11) is 0. The molecule has 3 rings (SSSR count). The van der Waals surface area contributed by atoms with Crippen LogP contribution in [0, 0.1) is 0 Å². The fraction of sp³-hybridized carbons (Fsp3) is 0.333. The van der Waals surface area contributed by atoms with E-state index in [0.717, 1.165) is 0 Å². The summed E-state index contributed by atoms with van der Waals surface area (Å²) in [6.07, 6.45) is 2.79. The first kappa shape index (κ1) is 14.5. The summed E-state index contributed by atoms with van der Waals surface area (Å²) in [6.45, 7) is 0. The number of hydrogen-bond donors (Lipinski definition) is 2. The number of β-lactam (4-membered cyclic amide) rings is 1. The van der Waals surface area contributed by atoms with Crippen molar-refractivity contribution in [3.05, 3.63) is 35.9 Å². The first-order chi connectivity index (χ1) is 10.0. The number of ketones is 1. The van der Waals surface area contributed by atoms with Crippen LogP contribution < -0.4 is 5.73 Å². The molecule has 4 atom stereocenters. The van der Waals surface area contributed by atoms with E-state index in [1.54, 1.807) is 0 Å². The lowest BCUT2D eigenvalue weighted by Crippen LogP contribution is -2.66. The fourth-order valence-corrected chi connectivity index (χ4v) is 4.37. The van der Waals surface area contributed by atoms with Crippen LogP contribution in [0.1, 0.15) is 10.6 Å². The van der Waals surface area contributed by atoms with Crippen molar-refractivity contribution in [1.82, 2.24) is 4.90 Å². The van der Waals surface area contributed by atoms with Crippen LogP contribution in [-0.4, -0.2) is 47.8 Å². The number of carbonyl (C=O) groups is 2. The van der Waals surface area contributed by atoms with Gasteiger partial charge in [-0.2, -0.15) is 0 Å². The molecule has 2 aliphatic rings. The van der Waals surface area contributed by atoms with Gasteiger partial charge in [0.2, 0.25) is 11.7 Å². The lowest BCUT2D eigenvalue weighted by Gasteiger charge is -2.46. The Bertz CT molecular complexity index is 642. The molecule has 3 heterocycles. The predicted molar refractivity (Wildman–Crippen MR) is 76.7 cm³/mol. The van der Waals surface area contributed by atoms with Crippen LogP contribution in [0.2, 0.25) is 0 Å². The number of rotatable bonds is 4. The summed E-state index contributed by atoms with van der Waals surface area (Å²) >= 11 is -1.02. The minimum Gasteiger partial charge on any atom is -0.461 e. The molecular weight excluding hydrogens is 316 g/mol. The van der Waals surface area contributed by atoms with Gasteiger partial charge in [0.15, 0.2) is 22.1 Å². The number of carbonyl (C=O) groups excluding carboxylic acids is 2. The van der Waals surface area contributed by atoms with Gasteiger partial charge in [0.25, 0.3) is 0 Å². The van der Waals surface area contributed by atoms with E-state index in [2.05, 4.69) is 0 Å². The van der Waals surface area contributed by atoms with Crippen LogP contribution in [0.3, 0.4) is 0 Å². The summed E-state index contributed by atoms with van der Waals surface area (Å²) in [5, 5.41) is -1.40. The maximum Gasteiger partial charge on any atom is 0.247 e. The molecule has 1 amide bonds. The van der Waals surface area contributed by atoms with E-state index in [1.807, 2.05) is 0 Å². The van der Waals surface area contributed by atoms with Crippen molar-refractivity contribution in [2.75, 3.05) is 5.75 Å². The maximum absolute atomic E-state index is 12.3. The van der Waals surface area contributed by atoms with Crippen molar-refractivity contribution < 1.29 is 22.8 Å². The van der Waals surface area contributed by atoms with E-state index in [9.17, 15) is 18.4 Å². The average Bonchev–Trinajstić information content (AvgIpc) is 3.00. The van der Waals surface area contributed by atoms with Gasteiger partial charge in [-0.05, 0) is 17.7 Å². The smallest absolute Gasteiger partial charge is 0.247 e. The molecule has 0 aliphatic carbocycles. The second kappa shape index (κ2) is 5.41. The quantitative estimate of drug-likeness (QED) is 0.460. The van der Waals surface area contributed by atoms with E-state index in [1.165, 1.54) is 41.3 Å². The van der Waals surface area contributed by atoms with Crippen LogP contribution in [0.5, 0.6) is 0 Å². The van der Waals surface area contributed by atoms with Crippen molar-refractivity contribution in [3.63, 3.8) is 0 Å². The van der Waals surface area contributed by atoms with Crippen LogP contribution in [0.4, 0.5) is 0 Å². The number of thioether (sulfide) groups is 1. The van der Waals surface area contributed by atoms with Gasteiger partial charge in [0, 0.05) is 12.0 Å². The van der Waals surface area contributed by atoms with E-state index in [4.69, 9.17) is 10.2 Å². The second-order valence-electron chi connectivity index (χ2n) is 4.67. The summed E-state index contributed by atoms with van der Waals surface area (Å²) in [4.78, 5) is 25.3. The summed E-state index contributed by atoms with van der Waals surface area (Å²) in [6, 6.07) is 2.42. The Kier molecular flexibility index (Phi) is 3.74. The molecule has 1 fully saturated rings. The molecule has 3 N–H and O–H groups in total. The van der Waals surface area contributed by atoms with Crippen molar-refractivity contribution in [1.29, 1.82) is 0 Å². The Labute approximate surface area is 126 Å². The molecule has 1 aromatic rings. The molecule has 112 valence electrons. The van der Waals surface area contributed by atoms with Crippen molar-refractivity contribution in [3.8, 4) is 0 Å². The minimum absolute atomic E-state index is 0.0158. The zero-order valence-electron chi connectivity index (χ0n) is 10.7. The van der Waals surface area contributed by atoms with Gasteiger partial charge in [0.1, 0.15) is 11.4 Å². The lowest BCUT2D eigenvalue weighted by atomic mass is 10.1. The SMILES string of the molecule is NC1C(=O)N2C=C(C(C(=O)c3ccco3)S(=O)O)CS[C@H]12. The number of amides is 1. The third-order valence-electron chi connectivity index (χ3n) is 3.39. The molecule has 21 heavy (non-hydrogen) atoms.